The van der Waals surface area contributed by atoms with E-state index < -0.39 is 0 Å². The number of ether oxygens (including phenoxy) is 1. The molecule has 0 fully saturated rings. The highest BCUT2D eigenvalue weighted by molar-refractivity contribution is 5.81. The summed E-state index contributed by atoms with van der Waals surface area (Å²) in [5.41, 5.74) is 6.34. The van der Waals surface area contributed by atoms with Crippen LogP contribution in [-0.2, 0) is 11.2 Å². The first-order chi connectivity index (χ1) is 20.5. The lowest BCUT2D eigenvalue weighted by Gasteiger charge is -2.22. The van der Waals surface area contributed by atoms with Crippen molar-refractivity contribution in [1.82, 2.24) is 9.88 Å². The molecule has 6 nitrogen and oxygen atoms in total. The largest absolute Gasteiger partial charge is 0.493 e. The van der Waals surface area contributed by atoms with Gasteiger partial charge in [-0.1, -0.05) is 63.7 Å². The Labute approximate surface area is 261 Å². The van der Waals surface area contributed by atoms with Gasteiger partial charge in [-0.2, -0.15) is 0 Å². The molecule has 0 aliphatic heterocycles. The van der Waals surface area contributed by atoms with Crippen LogP contribution in [-0.4, -0.2) is 59.8 Å². The molecule has 0 saturated heterocycles. The van der Waals surface area contributed by atoms with E-state index in [1.807, 2.05) is 13.0 Å². The van der Waals surface area contributed by atoms with Gasteiger partial charge >= 0.3 is 0 Å². The number of pyridine rings is 1. The highest BCUT2D eigenvalue weighted by Crippen LogP contribution is 2.24. The summed E-state index contributed by atoms with van der Waals surface area (Å²) in [6.07, 6.45) is 6.57. The molecule has 0 atom stereocenters. The zero-order chi connectivity index (χ0) is 32.6. The number of aldehydes is 1. The van der Waals surface area contributed by atoms with Crippen LogP contribution in [0.3, 0.4) is 0 Å². The number of aromatic nitrogens is 1. The summed E-state index contributed by atoms with van der Waals surface area (Å²) >= 11 is 0. The average Bonchev–Trinajstić information content (AvgIpc) is 2.96. The molecule has 0 spiro atoms. The maximum atomic E-state index is 9.68. The predicted molar refractivity (Wildman–Crippen MR) is 186 cm³/mol. The number of hydrogen-bond acceptors (Lipinski definition) is 6. The molecule has 1 N–H and O–H groups in total. The monoisotopic (exact) mass is 591 g/mol. The van der Waals surface area contributed by atoms with Crippen molar-refractivity contribution in [3.63, 3.8) is 0 Å². The number of aryl methyl sites for hydroxylation is 3. The minimum absolute atomic E-state index is 0.167. The zero-order valence-corrected chi connectivity index (χ0v) is 28.3. The number of carbonyl (C=O) groups is 1. The number of aliphatic hydroxyl groups excluding tert-OH is 1. The number of fused-ring (bicyclic) bond motifs is 1. The van der Waals surface area contributed by atoms with Crippen LogP contribution in [0.5, 0.6) is 5.75 Å². The summed E-state index contributed by atoms with van der Waals surface area (Å²) in [6.45, 7) is 25.7. The maximum Gasteiger partial charge on any atom is 0.167 e. The van der Waals surface area contributed by atoms with Crippen LogP contribution < -0.4 is 4.74 Å². The topological polar surface area (TPSA) is 75.0 Å². The van der Waals surface area contributed by atoms with Crippen LogP contribution in [0.25, 0.3) is 10.9 Å². The van der Waals surface area contributed by atoms with Gasteiger partial charge in [0.15, 0.2) is 6.29 Å². The summed E-state index contributed by atoms with van der Waals surface area (Å²) in [7, 11) is 0. The van der Waals surface area contributed by atoms with E-state index in [4.69, 9.17) is 9.84 Å². The van der Waals surface area contributed by atoms with Gasteiger partial charge in [0.1, 0.15) is 5.75 Å². The van der Waals surface area contributed by atoms with E-state index in [0.717, 1.165) is 43.0 Å². The van der Waals surface area contributed by atoms with E-state index in [-0.39, 0.29) is 11.8 Å². The number of benzene rings is 2. The molecule has 1 heterocycles. The van der Waals surface area contributed by atoms with Gasteiger partial charge in [0, 0.05) is 29.9 Å². The van der Waals surface area contributed by atoms with Gasteiger partial charge in [-0.15, -0.1) is 0 Å². The number of allylic oxidation sites excluding steroid dienone is 1. The van der Waals surface area contributed by atoms with Crippen molar-refractivity contribution in [3.8, 4) is 5.75 Å². The Morgan fingerprint density at radius 2 is 1.56 bits per heavy atom. The van der Waals surface area contributed by atoms with E-state index in [9.17, 15) is 4.79 Å². The van der Waals surface area contributed by atoms with Crippen LogP contribution in [0.15, 0.2) is 65.8 Å². The Balaban J connectivity index is 0.000000644. The fourth-order valence-corrected chi connectivity index (χ4v) is 4.17. The Kier molecular flexibility index (Phi) is 22.2. The standard InChI is InChI=1S/C18H31NO.C11H11N.C5H7NO.C3H8O/c1-5-12-19(13-6-2)14-11-17-10-8-9-16(4)18(17)20-15-7-3;1-8-4-3-5-11-10(8)7-6-9(2)12-11;1-3-6-5(2)4-7;1-3(2)4/h8-10H,5-7,11-15H2,1-4H3;3-7H,1-2H3;3-4H,2H2,1H3;3-4H,1-2H3. The van der Waals surface area contributed by atoms with E-state index in [0.29, 0.717) is 6.29 Å². The SMILES string of the molecule is C=C(C=O)N=CC.CC(C)O.CCCOc1c(C)cccc1CCN(CCC)CCC.Cc1ccc2c(C)cccc2n1. The first kappa shape index (κ1) is 39.6. The first-order valence-electron chi connectivity index (χ1n) is 15.6. The lowest BCUT2D eigenvalue weighted by molar-refractivity contribution is -0.104. The molecule has 0 unspecified atom stereocenters. The number of carbonyl (C=O) groups excluding carboxylic acids is 1. The van der Waals surface area contributed by atoms with Crippen molar-refractivity contribution < 1.29 is 14.6 Å². The molecular formula is C37H57N3O3. The minimum atomic E-state index is -0.167. The highest BCUT2D eigenvalue weighted by Gasteiger charge is 2.09. The average molecular weight is 592 g/mol. The molecule has 43 heavy (non-hydrogen) atoms. The number of aliphatic hydroxyl groups is 1. The summed E-state index contributed by atoms with van der Waals surface area (Å²) in [4.78, 5) is 20.2. The van der Waals surface area contributed by atoms with Crippen molar-refractivity contribution >= 4 is 23.4 Å². The lowest BCUT2D eigenvalue weighted by atomic mass is 10.1. The molecule has 3 aromatic rings. The van der Waals surface area contributed by atoms with E-state index in [2.05, 4.69) is 98.5 Å². The zero-order valence-electron chi connectivity index (χ0n) is 28.3. The van der Waals surface area contributed by atoms with Crippen LogP contribution in [0.4, 0.5) is 0 Å². The Morgan fingerprint density at radius 3 is 2.09 bits per heavy atom. The number of aliphatic imine (C=N–C) groups is 1. The van der Waals surface area contributed by atoms with Gasteiger partial charge in [-0.05, 0) is 109 Å². The highest BCUT2D eigenvalue weighted by atomic mass is 16.5. The third-order valence-electron chi connectivity index (χ3n) is 6.04. The van der Waals surface area contributed by atoms with Crippen molar-refractivity contribution in [2.75, 3.05) is 26.2 Å². The first-order valence-corrected chi connectivity index (χ1v) is 15.6. The number of nitrogens with zero attached hydrogens (tertiary/aromatic N) is 3. The minimum Gasteiger partial charge on any atom is -0.493 e. The third kappa shape index (κ3) is 18.0. The van der Waals surface area contributed by atoms with Gasteiger partial charge in [-0.25, -0.2) is 0 Å². The number of para-hydroxylation sites is 1. The summed E-state index contributed by atoms with van der Waals surface area (Å²) in [6, 6.07) is 16.9. The van der Waals surface area contributed by atoms with Gasteiger partial charge in [-0.3, -0.25) is 14.8 Å². The van der Waals surface area contributed by atoms with E-state index >= 15 is 0 Å². The van der Waals surface area contributed by atoms with Gasteiger partial charge < -0.3 is 14.7 Å². The Morgan fingerprint density at radius 1 is 0.953 bits per heavy atom. The second-order valence-corrected chi connectivity index (χ2v) is 10.7. The van der Waals surface area contributed by atoms with Crippen molar-refractivity contribution in [2.24, 2.45) is 4.99 Å². The molecule has 6 heteroatoms. The molecule has 0 radical (unpaired) electrons. The predicted octanol–water partition coefficient (Wildman–Crippen LogP) is 8.48. The van der Waals surface area contributed by atoms with E-state index in [1.54, 1.807) is 20.8 Å². The number of hydrogen-bond donors (Lipinski definition) is 1. The van der Waals surface area contributed by atoms with Crippen LogP contribution in [0.2, 0.25) is 0 Å². The van der Waals surface area contributed by atoms with Crippen molar-refractivity contribution in [3.05, 3.63) is 83.2 Å². The molecule has 2 aromatic carbocycles. The Hall–Kier alpha value is -3.35. The second-order valence-electron chi connectivity index (χ2n) is 10.7. The van der Waals surface area contributed by atoms with Crippen LogP contribution in [0, 0.1) is 20.8 Å². The normalized spacial score (nSPS) is 10.4. The fraction of sp³-hybridized carbons (Fsp3) is 0.486. The quantitative estimate of drug-likeness (QED) is 0.130. The van der Waals surface area contributed by atoms with Crippen LogP contribution >= 0.6 is 0 Å². The fourth-order valence-electron chi connectivity index (χ4n) is 4.17. The van der Waals surface area contributed by atoms with Crippen molar-refractivity contribution in [2.45, 2.75) is 94.1 Å². The van der Waals surface area contributed by atoms with Crippen molar-refractivity contribution in [1.29, 1.82) is 0 Å². The van der Waals surface area contributed by atoms with Gasteiger partial charge in [0.05, 0.1) is 17.8 Å². The van der Waals surface area contributed by atoms with Gasteiger partial charge in [0.2, 0.25) is 0 Å². The summed E-state index contributed by atoms with van der Waals surface area (Å²) < 4.78 is 5.95. The van der Waals surface area contributed by atoms with Gasteiger partial charge in [0.25, 0.3) is 0 Å². The molecule has 0 aliphatic rings. The molecule has 0 bridgehead atoms. The van der Waals surface area contributed by atoms with Crippen LogP contribution in [0.1, 0.15) is 83.2 Å². The molecule has 1 aromatic heterocycles. The molecule has 0 saturated carbocycles. The maximum absolute atomic E-state index is 9.68. The second kappa shape index (κ2) is 24.1. The molecule has 0 amide bonds. The van der Waals surface area contributed by atoms with E-state index in [1.165, 1.54) is 54.2 Å². The summed E-state index contributed by atoms with van der Waals surface area (Å²) in [5, 5.41) is 9.31. The number of rotatable bonds is 12. The summed E-state index contributed by atoms with van der Waals surface area (Å²) in [5.74, 6) is 1.11. The molecule has 3 rings (SSSR count). The molecule has 238 valence electrons. The lowest BCUT2D eigenvalue weighted by Crippen LogP contribution is -2.27. The smallest absolute Gasteiger partial charge is 0.167 e. The molecule has 0 aliphatic carbocycles. The Bertz CT molecular complexity index is 1210. The molecular weight excluding hydrogens is 534 g/mol. The third-order valence-corrected chi connectivity index (χ3v) is 6.04.